The molecule has 2 unspecified atom stereocenters. The van der Waals surface area contributed by atoms with Gasteiger partial charge in [-0.2, -0.15) is 0 Å². The summed E-state index contributed by atoms with van der Waals surface area (Å²) < 4.78 is 0. The van der Waals surface area contributed by atoms with Gasteiger partial charge in [0.2, 0.25) is 5.91 Å². The Balaban J connectivity index is 4.09. The van der Waals surface area contributed by atoms with E-state index in [1.54, 1.807) is 7.05 Å². The first-order valence-electron chi connectivity index (χ1n) is 4.86. The van der Waals surface area contributed by atoms with Crippen molar-refractivity contribution in [1.29, 1.82) is 0 Å². The third kappa shape index (κ3) is 4.06. The summed E-state index contributed by atoms with van der Waals surface area (Å²) in [4.78, 5) is 21.9. The lowest BCUT2D eigenvalue weighted by atomic mass is 9.91. The molecule has 0 aliphatic rings. The topological polar surface area (TPSA) is 46.2 Å². The van der Waals surface area contributed by atoms with Gasteiger partial charge in [-0.25, -0.2) is 0 Å². The summed E-state index contributed by atoms with van der Waals surface area (Å²) in [5.41, 5.74) is 0. The van der Waals surface area contributed by atoms with E-state index in [0.717, 1.165) is 19.1 Å². The molecule has 1 N–H and O–H groups in total. The summed E-state index contributed by atoms with van der Waals surface area (Å²) in [5.74, 6) is 0.0604. The molecule has 0 fully saturated rings. The summed E-state index contributed by atoms with van der Waals surface area (Å²) in [6, 6.07) is 0. The first kappa shape index (κ1) is 12.1. The van der Waals surface area contributed by atoms with Gasteiger partial charge in [-0.1, -0.05) is 13.8 Å². The van der Waals surface area contributed by atoms with E-state index in [9.17, 15) is 9.59 Å². The maximum atomic E-state index is 11.3. The molecule has 76 valence electrons. The molecule has 0 aliphatic heterocycles. The molecular weight excluding hydrogens is 166 g/mol. The molecular formula is C10H19NO2. The van der Waals surface area contributed by atoms with E-state index in [-0.39, 0.29) is 17.7 Å². The Bertz CT molecular complexity index is 168. The predicted octanol–water partition coefficient (Wildman–Crippen LogP) is 1.37. The van der Waals surface area contributed by atoms with Crippen LogP contribution in [-0.2, 0) is 9.59 Å². The van der Waals surface area contributed by atoms with E-state index in [1.807, 2.05) is 13.8 Å². The smallest absolute Gasteiger partial charge is 0.222 e. The van der Waals surface area contributed by atoms with Crippen molar-refractivity contribution in [2.24, 2.45) is 11.8 Å². The van der Waals surface area contributed by atoms with Crippen LogP contribution in [0.3, 0.4) is 0 Å². The van der Waals surface area contributed by atoms with Crippen molar-refractivity contribution in [3.63, 3.8) is 0 Å². The van der Waals surface area contributed by atoms with Gasteiger partial charge >= 0.3 is 0 Å². The highest BCUT2D eigenvalue weighted by Gasteiger charge is 2.18. The van der Waals surface area contributed by atoms with Gasteiger partial charge in [0.25, 0.3) is 0 Å². The summed E-state index contributed by atoms with van der Waals surface area (Å²) in [6.45, 7) is 3.94. The van der Waals surface area contributed by atoms with Gasteiger partial charge in [-0.05, 0) is 19.3 Å². The zero-order valence-electron chi connectivity index (χ0n) is 8.67. The van der Waals surface area contributed by atoms with Gasteiger partial charge < -0.3 is 10.1 Å². The van der Waals surface area contributed by atoms with Gasteiger partial charge in [0.05, 0.1) is 0 Å². The molecule has 13 heavy (non-hydrogen) atoms. The van der Waals surface area contributed by atoms with E-state index in [2.05, 4.69) is 5.32 Å². The van der Waals surface area contributed by atoms with E-state index in [1.165, 1.54) is 0 Å². The average Bonchev–Trinajstić information content (AvgIpc) is 2.19. The monoisotopic (exact) mass is 185 g/mol. The van der Waals surface area contributed by atoms with Crippen molar-refractivity contribution in [2.75, 3.05) is 7.05 Å². The zero-order valence-corrected chi connectivity index (χ0v) is 8.67. The van der Waals surface area contributed by atoms with Crippen LogP contribution in [0.1, 0.15) is 33.1 Å². The number of nitrogens with one attached hydrogen (secondary N) is 1. The maximum Gasteiger partial charge on any atom is 0.222 e. The average molecular weight is 185 g/mol. The first-order chi connectivity index (χ1) is 6.19. The van der Waals surface area contributed by atoms with E-state index in [0.29, 0.717) is 6.42 Å². The third-order valence-corrected chi connectivity index (χ3v) is 2.41. The second-order valence-electron chi connectivity index (χ2n) is 3.26. The molecule has 0 radical (unpaired) electrons. The maximum absolute atomic E-state index is 11.3. The van der Waals surface area contributed by atoms with Crippen molar-refractivity contribution in [1.82, 2.24) is 5.32 Å². The second-order valence-corrected chi connectivity index (χ2v) is 3.26. The summed E-state index contributed by atoms with van der Waals surface area (Å²) in [5, 5.41) is 2.61. The molecule has 0 spiro atoms. The Morgan fingerprint density at radius 2 is 2.00 bits per heavy atom. The minimum Gasteiger partial charge on any atom is -0.359 e. The second kappa shape index (κ2) is 6.63. The molecule has 0 rings (SSSR count). The van der Waals surface area contributed by atoms with Gasteiger partial charge in [0, 0.05) is 18.9 Å². The normalized spacial score (nSPS) is 14.7. The third-order valence-electron chi connectivity index (χ3n) is 2.41. The Kier molecular flexibility index (Phi) is 6.20. The number of amides is 1. The fourth-order valence-electron chi connectivity index (χ4n) is 1.35. The van der Waals surface area contributed by atoms with Crippen LogP contribution in [0, 0.1) is 11.8 Å². The number of rotatable bonds is 6. The van der Waals surface area contributed by atoms with Crippen molar-refractivity contribution >= 4 is 12.2 Å². The van der Waals surface area contributed by atoms with Gasteiger partial charge in [0.15, 0.2) is 0 Å². The molecule has 0 saturated carbocycles. The standard InChI is InChI=1S/C10H19NO2/c1-4-8(7-12)6-9(5-2)10(13)11-3/h7-9H,4-6H2,1-3H3,(H,11,13). The Morgan fingerprint density at radius 3 is 2.31 bits per heavy atom. The fraction of sp³-hybridized carbons (Fsp3) is 0.800. The van der Waals surface area contributed by atoms with Crippen LogP contribution in [-0.4, -0.2) is 19.2 Å². The Morgan fingerprint density at radius 1 is 1.38 bits per heavy atom. The Labute approximate surface area is 79.9 Å². The summed E-state index contributed by atoms with van der Waals surface area (Å²) >= 11 is 0. The lowest BCUT2D eigenvalue weighted by molar-refractivity contribution is -0.125. The number of hydrogen-bond acceptors (Lipinski definition) is 2. The van der Waals surface area contributed by atoms with Crippen LogP contribution >= 0.6 is 0 Å². The van der Waals surface area contributed by atoms with Gasteiger partial charge in [-0.3, -0.25) is 4.79 Å². The quantitative estimate of drug-likeness (QED) is 0.635. The molecule has 2 atom stereocenters. The van der Waals surface area contributed by atoms with Crippen LogP contribution in [0.5, 0.6) is 0 Å². The van der Waals surface area contributed by atoms with E-state index < -0.39 is 0 Å². The fourth-order valence-corrected chi connectivity index (χ4v) is 1.35. The Hall–Kier alpha value is -0.860. The van der Waals surface area contributed by atoms with Crippen LogP contribution in [0.4, 0.5) is 0 Å². The largest absolute Gasteiger partial charge is 0.359 e. The van der Waals surface area contributed by atoms with Crippen LogP contribution in [0.2, 0.25) is 0 Å². The highest BCUT2D eigenvalue weighted by Crippen LogP contribution is 2.16. The first-order valence-corrected chi connectivity index (χ1v) is 4.86. The van der Waals surface area contributed by atoms with Crippen LogP contribution in [0.15, 0.2) is 0 Å². The van der Waals surface area contributed by atoms with Crippen molar-refractivity contribution < 1.29 is 9.59 Å². The number of carbonyl (C=O) groups excluding carboxylic acids is 2. The van der Waals surface area contributed by atoms with Gasteiger partial charge in [0.1, 0.15) is 6.29 Å². The lowest BCUT2D eigenvalue weighted by Gasteiger charge is -2.15. The van der Waals surface area contributed by atoms with E-state index in [4.69, 9.17) is 0 Å². The van der Waals surface area contributed by atoms with E-state index >= 15 is 0 Å². The minimum atomic E-state index is -0.0138. The molecule has 0 bridgehead atoms. The van der Waals surface area contributed by atoms with Crippen LogP contribution in [0.25, 0.3) is 0 Å². The van der Waals surface area contributed by atoms with Crippen molar-refractivity contribution in [2.45, 2.75) is 33.1 Å². The number of aldehydes is 1. The number of hydrogen-bond donors (Lipinski definition) is 1. The van der Waals surface area contributed by atoms with Gasteiger partial charge in [-0.15, -0.1) is 0 Å². The molecule has 3 heteroatoms. The molecule has 0 aromatic carbocycles. The lowest BCUT2D eigenvalue weighted by Crippen LogP contribution is -2.28. The van der Waals surface area contributed by atoms with Crippen LogP contribution < -0.4 is 5.32 Å². The van der Waals surface area contributed by atoms with Crippen molar-refractivity contribution in [3.05, 3.63) is 0 Å². The summed E-state index contributed by atoms with van der Waals surface area (Å²) in [6.07, 6.45) is 3.24. The van der Waals surface area contributed by atoms with Crippen molar-refractivity contribution in [3.8, 4) is 0 Å². The highest BCUT2D eigenvalue weighted by atomic mass is 16.1. The SMILES string of the molecule is CCC(C=O)CC(CC)C(=O)NC. The molecule has 0 aliphatic carbocycles. The number of carbonyl (C=O) groups is 2. The molecule has 0 aromatic rings. The molecule has 0 heterocycles. The molecule has 0 saturated heterocycles. The predicted molar refractivity (Wildman–Crippen MR) is 52.3 cm³/mol. The molecule has 1 amide bonds. The summed E-state index contributed by atoms with van der Waals surface area (Å²) in [7, 11) is 1.63. The molecule has 0 aromatic heterocycles. The molecule has 3 nitrogen and oxygen atoms in total. The highest BCUT2D eigenvalue weighted by molar-refractivity contribution is 5.78. The zero-order chi connectivity index (χ0) is 10.3. The minimum absolute atomic E-state index is 0.0138.